The van der Waals surface area contributed by atoms with E-state index >= 15 is 0 Å². The molecule has 0 saturated heterocycles. The van der Waals surface area contributed by atoms with E-state index in [1.807, 2.05) is 37.2 Å². The van der Waals surface area contributed by atoms with Crippen molar-refractivity contribution in [3.8, 4) is 0 Å². The van der Waals surface area contributed by atoms with Crippen molar-refractivity contribution in [2.45, 2.75) is 34.1 Å². The predicted octanol–water partition coefficient (Wildman–Crippen LogP) is 2.91. The fourth-order valence-corrected chi connectivity index (χ4v) is 1.84. The summed E-state index contributed by atoms with van der Waals surface area (Å²) in [5, 5.41) is 7.96. The number of rotatable bonds is 5. The Labute approximate surface area is 131 Å². The number of carbonyl (C=O) groups is 1. The highest BCUT2D eigenvalue weighted by Gasteiger charge is 2.10. The Bertz CT molecular complexity index is 578. The van der Waals surface area contributed by atoms with Gasteiger partial charge in [0.2, 0.25) is 0 Å². The number of anilines is 1. The molecule has 0 radical (unpaired) electrons. The molecule has 0 atom stereocenters. The first-order chi connectivity index (χ1) is 10.8. The molecule has 0 fully saturated rings. The fraction of sp³-hybridized carbons (Fsp3) is 0.438. The van der Waals surface area contributed by atoms with E-state index in [4.69, 9.17) is 5.11 Å². The molecule has 122 valence electrons. The molecule has 6 heteroatoms. The molecule has 2 N–H and O–H groups in total. The number of hydrogen-bond acceptors (Lipinski definition) is 5. The molecular weight excluding hydrogens is 280 g/mol. The summed E-state index contributed by atoms with van der Waals surface area (Å²) in [6.07, 6.45) is 7.01. The Morgan fingerprint density at radius 3 is 2.64 bits per heavy atom. The molecule has 0 unspecified atom stereocenters. The molecule has 2 aromatic rings. The van der Waals surface area contributed by atoms with Crippen molar-refractivity contribution in [3.05, 3.63) is 30.4 Å². The molecule has 2 rings (SSSR count). The summed E-state index contributed by atoms with van der Waals surface area (Å²) >= 11 is 0. The van der Waals surface area contributed by atoms with E-state index in [9.17, 15) is 4.79 Å². The van der Waals surface area contributed by atoms with Crippen molar-refractivity contribution in [3.63, 3.8) is 0 Å². The third kappa shape index (κ3) is 5.29. The Hall–Kier alpha value is -2.21. The number of aldehydes is 1. The highest BCUT2D eigenvalue weighted by molar-refractivity contribution is 5.88. The van der Waals surface area contributed by atoms with Gasteiger partial charge in [-0.15, -0.1) is 0 Å². The topological polar surface area (TPSA) is 82.1 Å². The van der Waals surface area contributed by atoms with Crippen LogP contribution in [0.15, 0.2) is 30.4 Å². The van der Waals surface area contributed by atoms with Crippen LogP contribution in [0.3, 0.4) is 0 Å². The summed E-state index contributed by atoms with van der Waals surface area (Å²) in [5.74, 6) is 0.823. The molecule has 0 aliphatic rings. The second-order valence-electron chi connectivity index (χ2n) is 4.12. The second kappa shape index (κ2) is 11.4. The first-order valence-corrected chi connectivity index (χ1v) is 7.39. The Morgan fingerprint density at radius 1 is 1.36 bits per heavy atom. The molecule has 2 heterocycles. The summed E-state index contributed by atoms with van der Waals surface area (Å²) in [6, 6.07) is 1.94. The maximum atomic E-state index is 10.8. The first-order valence-electron chi connectivity index (χ1n) is 7.39. The molecule has 0 aliphatic heterocycles. The number of allylic oxidation sites excluding steroid dienone is 1. The Balaban J connectivity index is 0.00000102. The van der Waals surface area contributed by atoms with Crippen molar-refractivity contribution in [1.29, 1.82) is 0 Å². The molecule has 0 aliphatic carbocycles. The standard InChI is InChI=1S/C13H16N4O.C2H6.CH4O/c1-3-6-17(7-10(2)8-18)13-11-4-5-14-12(11)15-9-16-13;2*1-2/h4-5,7-9H,3,6H2,1-2H3,(H,14,15,16);1-2H3;2H,1H3/b10-7+;;. The number of H-pyrrole nitrogens is 1. The second-order valence-corrected chi connectivity index (χ2v) is 4.12. The number of nitrogens with zero attached hydrogens (tertiary/aromatic N) is 3. The van der Waals surface area contributed by atoms with Crippen molar-refractivity contribution in [2.24, 2.45) is 0 Å². The summed E-state index contributed by atoms with van der Waals surface area (Å²) in [4.78, 5) is 24.3. The zero-order chi connectivity index (χ0) is 17.0. The van der Waals surface area contributed by atoms with Gasteiger partial charge in [0.1, 0.15) is 24.1 Å². The molecule has 2 aromatic heterocycles. The van der Waals surface area contributed by atoms with E-state index in [0.717, 1.165) is 43.2 Å². The van der Waals surface area contributed by atoms with Gasteiger partial charge in [-0.2, -0.15) is 0 Å². The van der Waals surface area contributed by atoms with Gasteiger partial charge in [0.25, 0.3) is 0 Å². The summed E-state index contributed by atoms with van der Waals surface area (Å²) in [7, 11) is 1.00. The third-order valence-corrected chi connectivity index (χ3v) is 2.61. The van der Waals surface area contributed by atoms with Crippen molar-refractivity contribution >= 4 is 23.1 Å². The Morgan fingerprint density at radius 2 is 2.05 bits per heavy atom. The molecular formula is C16H26N4O2. The maximum absolute atomic E-state index is 10.8. The van der Waals surface area contributed by atoms with Crippen LogP contribution in [0, 0.1) is 0 Å². The molecule has 0 bridgehead atoms. The van der Waals surface area contributed by atoms with Gasteiger partial charge in [0.05, 0.1) is 5.39 Å². The minimum absolute atomic E-state index is 0.672. The zero-order valence-corrected chi connectivity index (χ0v) is 14.0. The minimum atomic E-state index is 0.672. The largest absolute Gasteiger partial charge is 0.400 e. The van der Waals surface area contributed by atoms with Crippen LogP contribution in [-0.4, -0.2) is 40.0 Å². The highest BCUT2D eigenvalue weighted by atomic mass is 16.2. The van der Waals surface area contributed by atoms with Gasteiger partial charge in [-0.05, 0) is 19.4 Å². The Kier molecular flexibility index (Phi) is 10.3. The van der Waals surface area contributed by atoms with E-state index < -0.39 is 0 Å². The van der Waals surface area contributed by atoms with Gasteiger partial charge in [0, 0.05) is 31.6 Å². The van der Waals surface area contributed by atoms with Gasteiger partial charge >= 0.3 is 0 Å². The van der Waals surface area contributed by atoms with Crippen molar-refractivity contribution in [1.82, 2.24) is 15.0 Å². The highest BCUT2D eigenvalue weighted by Crippen LogP contribution is 2.22. The van der Waals surface area contributed by atoms with Crippen LogP contribution < -0.4 is 4.90 Å². The monoisotopic (exact) mass is 306 g/mol. The van der Waals surface area contributed by atoms with Crippen LogP contribution in [-0.2, 0) is 4.79 Å². The average molecular weight is 306 g/mol. The zero-order valence-electron chi connectivity index (χ0n) is 14.0. The van der Waals surface area contributed by atoms with Crippen LogP contribution in [0.2, 0.25) is 0 Å². The number of fused-ring (bicyclic) bond motifs is 1. The molecule has 0 amide bonds. The summed E-state index contributed by atoms with van der Waals surface area (Å²) in [6.45, 7) is 8.68. The predicted molar refractivity (Wildman–Crippen MR) is 90.8 cm³/mol. The fourth-order valence-electron chi connectivity index (χ4n) is 1.84. The van der Waals surface area contributed by atoms with Crippen LogP contribution in [0.1, 0.15) is 34.1 Å². The lowest BCUT2D eigenvalue weighted by molar-refractivity contribution is -0.104. The third-order valence-electron chi connectivity index (χ3n) is 2.61. The SMILES string of the molecule is CC.CCCN(/C=C(\C)C=O)c1ncnc2[nH]ccc12.CO. The molecule has 0 saturated carbocycles. The molecule has 0 spiro atoms. The van der Waals surface area contributed by atoms with E-state index in [0.29, 0.717) is 5.57 Å². The smallest absolute Gasteiger partial charge is 0.147 e. The van der Waals surface area contributed by atoms with Crippen molar-refractivity contribution < 1.29 is 9.90 Å². The quantitative estimate of drug-likeness (QED) is 0.655. The van der Waals surface area contributed by atoms with Gasteiger partial charge in [-0.3, -0.25) is 4.79 Å². The van der Waals surface area contributed by atoms with Gasteiger partial charge in [0.15, 0.2) is 0 Å². The van der Waals surface area contributed by atoms with E-state index in [1.165, 1.54) is 6.33 Å². The van der Waals surface area contributed by atoms with Crippen molar-refractivity contribution in [2.75, 3.05) is 18.6 Å². The molecule has 0 aromatic carbocycles. The van der Waals surface area contributed by atoms with E-state index in [1.54, 1.807) is 6.92 Å². The van der Waals surface area contributed by atoms with Crippen LogP contribution in [0.4, 0.5) is 5.82 Å². The lowest BCUT2D eigenvalue weighted by Gasteiger charge is -2.19. The number of aromatic nitrogens is 3. The minimum Gasteiger partial charge on any atom is -0.400 e. The summed E-state index contributed by atoms with van der Waals surface area (Å²) < 4.78 is 0. The van der Waals surface area contributed by atoms with E-state index in [-0.39, 0.29) is 0 Å². The lowest BCUT2D eigenvalue weighted by atomic mass is 10.3. The number of nitrogens with one attached hydrogen (secondary N) is 1. The van der Waals surface area contributed by atoms with Crippen LogP contribution in [0.25, 0.3) is 11.0 Å². The number of aliphatic hydroxyl groups excluding tert-OH is 1. The normalized spacial score (nSPS) is 10.2. The van der Waals surface area contributed by atoms with Crippen LogP contribution in [0.5, 0.6) is 0 Å². The van der Waals surface area contributed by atoms with Crippen LogP contribution >= 0.6 is 0 Å². The molecule has 6 nitrogen and oxygen atoms in total. The van der Waals surface area contributed by atoms with Gasteiger partial charge in [-0.1, -0.05) is 20.8 Å². The number of carbonyl (C=O) groups excluding carboxylic acids is 1. The first kappa shape index (κ1) is 19.8. The molecule has 22 heavy (non-hydrogen) atoms. The van der Waals surface area contributed by atoms with Gasteiger partial charge < -0.3 is 15.0 Å². The number of aliphatic hydroxyl groups is 1. The number of hydrogen-bond donors (Lipinski definition) is 2. The van der Waals surface area contributed by atoms with E-state index in [2.05, 4.69) is 21.9 Å². The summed E-state index contributed by atoms with van der Waals surface area (Å²) in [5.41, 5.74) is 1.48. The van der Waals surface area contributed by atoms with Gasteiger partial charge in [-0.25, -0.2) is 9.97 Å². The maximum Gasteiger partial charge on any atom is 0.147 e. The number of aromatic amines is 1. The lowest BCUT2D eigenvalue weighted by Crippen LogP contribution is -2.19. The average Bonchev–Trinajstić information content (AvgIpc) is 3.06.